The van der Waals surface area contributed by atoms with Gasteiger partial charge in [0.15, 0.2) is 0 Å². The lowest BCUT2D eigenvalue weighted by molar-refractivity contribution is -0.461. The summed E-state index contributed by atoms with van der Waals surface area (Å²) in [6.07, 6.45) is -28.7. The molecule has 4 aromatic carbocycles. The van der Waals surface area contributed by atoms with Gasteiger partial charge >= 0.3 is 107 Å². The molecule has 8 nitrogen and oxygen atoms in total. The first-order chi connectivity index (χ1) is 41.7. The van der Waals surface area contributed by atoms with Crippen LogP contribution in [0.5, 0.6) is 11.5 Å². The first kappa shape index (κ1) is 78.4. The lowest BCUT2D eigenvalue weighted by atomic mass is 9.87. The molecule has 0 unspecified atom stereocenters. The molecule has 0 atom stereocenters. The number of alkyl halides is 34. The maximum Gasteiger partial charge on any atom is 0.460 e. The van der Waals surface area contributed by atoms with Gasteiger partial charge < -0.3 is 19.7 Å². The van der Waals surface area contributed by atoms with Gasteiger partial charge in [0.1, 0.15) is 11.5 Å². The third kappa shape index (κ3) is 14.2. The zero-order valence-electron chi connectivity index (χ0n) is 44.8. The van der Waals surface area contributed by atoms with Gasteiger partial charge in [0.05, 0.1) is 13.2 Å². The van der Waals surface area contributed by atoms with Gasteiger partial charge in [-0.25, -0.2) is 9.59 Å². The maximum absolute atomic E-state index is 14.4. The van der Waals surface area contributed by atoms with Gasteiger partial charge in [0.2, 0.25) is 0 Å². The Hall–Kier alpha value is -7.04. The van der Waals surface area contributed by atoms with E-state index >= 15 is 0 Å². The van der Waals surface area contributed by atoms with Crippen LogP contribution in [-0.4, -0.2) is 118 Å². The third-order valence-corrected chi connectivity index (χ3v) is 13.3. The Labute approximate surface area is 495 Å². The quantitative estimate of drug-likeness (QED) is 0.0421. The van der Waals surface area contributed by atoms with Crippen molar-refractivity contribution in [2.45, 2.75) is 153 Å². The lowest BCUT2D eigenvalue weighted by Gasteiger charge is -2.42. The van der Waals surface area contributed by atoms with E-state index < -0.39 is 182 Å². The molecule has 0 radical (unpaired) electrons. The number of carbonyl (C=O) groups is 2. The normalized spacial score (nSPS) is 14.5. The van der Waals surface area contributed by atoms with Crippen LogP contribution < -0.4 is 20.1 Å². The van der Waals surface area contributed by atoms with Crippen molar-refractivity contribution in [3.63, 3.8) is 0 Å². The van der Waals surface area contributed by atoms with Gasteiger partial charge in [-0.05, 0) is 103 Å². The molecule has 42 heteroatoms. The predicted molar refractivity (Wildman–Crippen MR) is 247 cm³/mol. The predicted octanol–water partition coefficient (Wildman–Crippen LogP) is 18.1. The summed E-state index contributed by atoms with van der Waals surface area (Å²) in [5.41, 5.74) is -0.328. The average Bonchev–Trinajstić information content (AvgIpc) is 0.704. The highest BCUT2D eigenvalue weighted by atomic mass is 19.4. The third-order valence-electron chi connectivity index (χ3n) is 13.3. The van der Waals surface area contributed by atoms with E-state index in [0.717, 1.165) is 36.4 Å². The monoisotopic (exact) mass is 1420 g/mol. The molecule has 4 rings (SSSR count). The van der Waals surface area contributed by atoms with Crippen molar-refractivity contribution in [3.8, 4) is 11.5 Å². The standard InChI is InChI=1S/C51H36F34N2O6/c52-36(53,38(56,57)40(60,61)42(64,65)44(68,69)46(72,73)48(76,77)50(80,81)82)17-1-3-24-9-15-32(28(20-24)22-88)92-34(90)86-30-11-5-26(6-12-30)19-27-7-13-31(14-8-27)87-35(91)93-33-16-10-25(21-29(33)23-89)4-2-18-37(54,55)39(58,59)41(62,63)43(66,67)45(70,71)47(74,75)49(78,79)51(83,84)85/h5-16,20-21,88-89H,1-4,17-19,22-23H2,(H,86,90)(H,87,91). The Kier molecular flexibility index (Phi) is 21.9. The first-order valence-electron chi connectivity index (χ1n) is 24.7. The largest absolute Gasteiger partial charge is 0.460 e. The number of anilines is 2. The van der Waals surface area contributed by atoms with Crippen LogP contribution in [0.3, 0.4) is 0 Å². The second-order valence-corrected chi connectivity index (χ2v) is 19.8. The summed E-state index contributed by atoms with van der Waals surface area (Å²) >= 11 is 0. The van der Waals surface area contributed by atoms with E-state index in [0.29, 0.717) is 11.1 Å². The van der Waals surface area contributed by atoms with Crippen molar-refractivity contribution in [1.29, 1.82) is 0 Å². The molecule has 4 N–H and O–H groups in total. The van der Waals surface area contributed by atoms with Crippen LogP contribution in [-0.2, 0) is 32.5 Å². The van der Waals surface area contributed by atoms with Crippen molar-refractivity contribution in [3.05, 3.63) is 118 Å². The van der Waals surface area contributed by atoms with E-state index in [9.17, 15) is 169 Å². The Morgan fingerprint density at radius 1 is 0.323 bits per heavy atom. The number of aliphatic hydroxyl groups is 2. The number of rotatable bonds is 28. The number of nitrogens with one attached hydrogen (secondary N) is 2. The molecule has 0 aliphatic carbocycles. The highest BCUT2D eigenvalue weighted by Crippen LogP contribution is 2.66. The zero-order chi connectivity index (χ0) is 72.0. The van der Waals surface area contributed by atoms with E-state index in [1.807, 2.05) is 0 Å². The number of ether oxygens (including phenoxy) is 2. The van der Waals surface area contributed by atoms with Crippen LogP contribution in [0.4, 0.5) is 170 Å². The molecule has 0 saturated carbocycles. The average molecular weight is 1420 g/mol. The Morgan fingerprint density at radius 2 is 0.559 bits per heavy atom. The molecule has 2 amide bonds. The SMILES string of the molecule is O=C(Nc1ccc(Cc2ccc(NC(=O)Oc3ccc(CCCC(F)(F)C(F)(F)C(F)(F)C(F)(F)C(F)(F)C(F)(F)C(F)(F)C(F)(F)F)cc3CO)cc2)cc1)Oc1ccc(CCCC(F)(F)C(F)(F)C(F)(F)C(F)(F)C(F)(F)C(F)(F)C(F)(F)C(F)(F)F)cc1CO. The molecule has 524 valence electrons. The van der Waals surface area contributed by atoms with E-state index in [1.165, 1.54) is 48.5 Å². The molecule has 0 aromatic heterocycles. The maximum atomic E-state index is 14.4. The summed E-state index contributed by atoms with van der Waals surface area (Å²) in [4.78, 5) is 25.3. The van der Waals surface area contributed by atoms with Crippen LogP contribution in [0, 0.1) is 0 Å². The minimum Gasteiger partial charge on any atom is -0.410 e. The summed E-state index contributed by atoms with van der Waals surface area (Å²) in [6, 6.07) is 16.0. The summed E-state index contributed by atoms with van der Waals surface area (Å²) in [5, 5.41) is 24.0. The van der Waals surface area contributed by atoms with Crippen molar-refractivity contribution in [2.75, 3.05) is 10.6 Å². The van der Waals surface area contributed by atoms with Crippen molar-refractivity contribution >= 4 is 23.6 Å². The van der Waals surface area contributed by atoms with E-state index in [4.69, 9.17) is 9.47 Å². The van der Waals surface area contributed by atoms with Crippen LogP contribution >= 0.6 is 0 Å². The molecule has 4 aromatic rings. The molecule has 0 spiro atoms. The van der Waals surface area contributed by atoms with Crippen LogP contribution in [0.25, 0.3) is 0 Å². The summed E-state index contributed by atoms with van der Waals surface area (Å²) in [6.45, 7) is -2.14. The number of carbonyl (C=O) groups excluding carboxylic acids is 2. The molecule has 0 bridgehead atoms. The van der Waals surface area contributed by atoms with Crippen molar-refractivity contribution < 1.29 is 179 Å². The van der Waals surface area contributed by atoms with Crippen LogP contribution in [0.1, 0.15) is 59.1 Å². The molecule has 0 aliphatic rings. The van der Waals surface area contributed by atoms with E-state index in [1.54, 1.807) is 0 Å². The zero-order valence-corrected chi connectivity index (χ0v) is 44.8. The fourth-order valence-corrected chi connectivity index (χ4v) is 7.89. The number of benzene rings is 4. The molecular weight excluding hydrogens is 1380 g/mol. The Morgan fingerprint density at radius 3 is 0.806 bits per heavy atom. The second kappa shape index (κ2) is 25.9. The molecule has 0 fully saturated rings. The fourth-order valence-electron chi connectivity index (χ4n) is 7.89. The number of aliphatic hydroxyl groups excluding tert-OH is 2. The van der Waals surface area contributed by atoms with Gasteiger partial charge in [-0.15, -0.1) is 0 Å². The lowest BCUT2D eigenvalue weighted by Crippen LogP contribution is -2.74. The summed E-state index contributed by atoms with van der Waals surface area (Å²) < 4.78 is 473. The minimum atomic E-state index is -8.78. The van der Waals surface area contributed by atoms with E-state index in [2.05, 4.69) is 10.6 Å². The number of hydrogen-bond acceptors (Lipinski definition) is 6. The van der Waals surface area contributed by atoms with Gasteiger partial charge in [-0.3, -0.25) is 10.6 Å². The highest BCUT2D eigenvalue weighted by molar-refractivity contribution is 5.87. The molecule has 0 heterocycles. The second-order valence-electron chi connectivity index (χ2n) is 19.8. The summed E-state index contributed by atoms with van der Waals surface area (Å²) in [5.74, 6) is -116. The first-order valence-corrected chi connectivity index (χ1v) is 24.7. The van der Waals surface area contributed by atoms with Crippen molar-refractivity contribution in [2.24, 2.45) is 0 Å². The number of aryl methyl sites for hydroxylation is 2. The topological polar surface area (TPSA) is 117 Å². The Bertz CT molecular complexity index is 3040. The van der Waals surface area contributed by atoms with Gasteiger partial charge in [0.25, 0.3) is 0 Å². The van der Waals surface area contributed by atoms with Gasteiger partial charge in [0, 0.05) is 35.3 Å². The molecule has 0 aliphatic heterocycles. The fraction of sp³-hybridized carbons (Fsp3) is 0.490. The van der Waals surface area contributed by atoms with Gasteiger partial charge in [-0.1, -0.05) is 36.4 Å². The van der Waals surface area contributed by atoms with Crippen LogP contribution in [0.2, 0.25) is 0 Å². The molecular formula is C51H36F34N2O6. The Balaban J connectivity index is 1.31. The smallest absolute Gasteiger partial charge is 0.410 e. The molecule has 0 saturated heterocycles. The van der Waals surface area contributed by atoms with Gasteiger partial charge in [-0.2, -0.15) is 149 Å². The van der Waals surface area contributed by atoms with Crippen molar-refractivity contribution in [1.82, 2.24) is 0 Å². The molecule has 93 heavy (non-hydrogen) atoms. The van der Waals surface area contributed by atoms with E-state index in [-0.39, 0.29) is 28.9 Å². The number of amides is 2. The number of halogens is 34. The minimum absolute atomic E-state index is 0.0216. The summed E-state index contributed by atoms with van der Waals surface area (Å²) in [7, 11) is 0. The van der Waals surface area contributed by atoms with Crippen LogP contribution in [0.15, 0.2) is 84.9 Å². The highest BCUT2D eigenvalue weighted by Gasteiger charge is 2.97. The number of hydrogen-bond donors (Lipinski definition) is 4.